The Morgan fingerprint density at radius 3 is 2.56 bits per heavy atom. The molecular weight excluding hydrogens is 382 g/mol. The summed E-state index contributed by atoms with van der Waals surface area (Å²) < 4.78 is 5.25. The fourth-order valence-corrected chi connectivity index (χ4v) is 3.52. The second kappa shape index (κ2) is 7.34. The number of amides is 1. The number of hydrogen-bond acceptors (Lipinski definition) is 5. The molecule has 4 rings (SSSR count). The van der Waals surface area contributed by atoms with Gasteiger partial charge in [-0.25, -0.2) is 4.98 Å². The number of halogens is 1. The summed E-state index contributed by atoms with van der Waals surface area (Å²) in [6, 6.07) is 16.8. The van der Waals surface area contributed by atoms with Crippen molar-refractivity contribution in [3.05, 3.63) is 76.3 Å². The van der Waals surface area contributed by atoms with E-state index in [1.807, 2.05) is 47.8 Å². The Balaban J connectivity index is 1.59. The van der Waals surface area contributed by atoms with Crippen LogP contribution in [0.3, 0.4) is 0 Å². The number of aryl methyl sites for hydroxylation is 1. The number of hydrogen-bond donors (Lipinski definition) is 1. The van der Waals surface area contributed by atoms with E-state index in [-0.39, 0.29) is 5.91 Å². The van der Waals surface area contributed by atoms with Crippen LogP contribution in [0.15, 0.2) is 64.5 Å². The molecule has 2 heterocycles. The highest BCUT2D eigenvalue weighted by atomic mass is 35.5. The van der Waals surface area contributed by atoms with E-state index in [4.69, 9.17) is 16.1 Å². The average molecular weight is 396 g/mol. The molecule has 0 saturated carbocycles. The van der Waals surface area contributed by atoms with Crippen LogP contribution in [-0.2, 0) is 0 Å². The molecule has 1 N–H and O–H groups in total. The minimum atomic E-state index is -0.301. The summed E-state index contributed by atoms with van der Waals surface area (Å²) in [6.45, 7) is 1.72. The summed E-state index contributed by atoms with van der Waals surface area (Å²) in [6.07, 6.45) is 0. The van der Waals surface area contributed by atoms with Crippen molar-refractivity contribution >= 4 is 34.0 Å². The first-order valence-electron chi connectivity index (χ1n) is 8.16. The van der Waals surface area contributed by atoms with E-state index in [0.717, 1.165) is 16.8 Å². The predicted octanol–water partition coefficient (Wildman–Crippen LogP) is 5.68. The lowest BCUT2D eigenvalue weighted by Crippen LogP contribution is -2.13. The van der Waals surface area contributed by atoms with Crippen LogP contribution in [0, 0.1) is 6.92 Å². The van der Waals surface area contributed by atoms with E-state index in [1.165, 1.54) is 11.3 Å². The molecule has 7 heteroatoms. The summed E-state index contributed by atoms with van der Waals surface area (Å²) in [5.41, 5.74) is 3.45. The Morgan fingerprint density at radius 1 is 1.07 bits per heavy atom. The van der Waals surface area contributed by atoms with Crippen LogP contribution in [0.1, 0.15) is 16.1 Å². The molecule has 0 saturated heterocycles. The van der Waals surface area contributed by atoms with Gasteiger partial charge in [0.05, 0.1) is 5.69 Å². The monoisotopic (exact) mass is 395 g/mol. The quantitative estimate of drug-likeness (QED) is 0.482. The largest absolute Gasteiger partial charge is 0.360 e. The molecule has 27 heavy (non-hydrogen) atoms. The zero-order valence-corrected chi connectivity index (χ0v) is 15.8. The molecule has 0 aliphatic carbocycles. The van der Waals surface area contributed by atoms with E-state index in [2.05, 4.69) is 15.5 Å². The van der Waals surface area contributed by atoms with Crippen molar-refractivity contribution < 1.29 is 9.32 Å². The summed E-state index contributed by atoms with van der Waals surface area (Å²) >= 11 is 7.28. The Labute approximate surface area is 164 Å². The van der Waals surface area contributed by atoms with Crippen molar-refractivity contribution in [3.8, 4) is 22.5 Å². The molecule has 0 unspecified atom stereocenters. The van der Waals surface area contributed by atoms with Crippen molar-refractivity contribution in [2.45, 2.75) is 6.92 Å². The number of carbonyl (C=O) groups excluding carboxylic acids is 1. The van der Waals surface area contributed by atoms with Gasteiger partial charge in [0.15, 0.2) is 5.13 Å². The second-order valence-electron chi connectivity index (χ2n) is 5.83. The Bertz CT molecular complexity index is 1090. The van der Waals surface area contributed by atoms with Crippen LogP contribution in [0.4, 0.5) is 5.13 Å². The van der Waals surface area contributed by atoms with Gasteiger partial charge >= 0.3 is 0 Å². The maximum atomic E-state index is 12.8. The average Bonchev–Trinajstić information content (AvgIpc) is 3.30. The molecule has 0 aliphatic heterocycles. The molecule has 134 valence electrons. The Hall–Kier alpha value is -2.96. The van der Waals surface area contributed by atoms with E-state index in [1.54, 1.807) is 19.1 Å². The van der Waals surface area contributed by atoms with Crippen LogP contribution in [0.25, 0.3) is 22.5 Å². The van der Waals surface area contributed by atoms with Gasteiger partial charge in [0, 0.05) is 21.5 Å². The van der Waals surface area contributed by atoms with Crippen LogP contribution in [0.5, 0.6) is 0 Å². The summed E-state index contributed by atoms with van der Waals surface area (Å²) in [4.78, 5) is 17.3. The minimum absolute atomic E-state index is 0.301. The van der Waals surface area contributed by atoms with Gasteiger partial charge in [-0.3, -0.25) is 10.1 Å². The zero-order chi connectivity index (χ0) is 18.8. The van der Waals surface area contributed by atoms with Gasteiger partial charge in [-0.1, -0.05) is 59.2 Å². The first-order chi connectivity index (χ1) is 13.1. The second-order valence-corrected chi connectivity index (χ2v) is 7.12. The molecule has 5 nitrogen and oxygen atoms in total. The summed E-state index contributed by atoms with van der Waals surface area (Å²) in [7, 11) is 0. The molecule has 0 aliphatic rings. The van der Waals surface area contributed by atoms with Crippen LogP contribution in [0.2, 0.25) is 5.02 Å². The number of nitrogens with zero attached hydrogens (tertiary/aromatic N) is 2. The number of benzene rings is 2. The van der Waals surface area contributed by atoms with Crippen molar-refractivity contribution in [1.29, 1.82) is 0 Å². The van der Waals surface area contributed by atoms with Gasteiger partial charge in [0.1, 0.15) is 17.0 Å². The molecule has 0 radical (unpaired) electrons. The molecule has 0 spiro atoms. The lowest BCUT2D eigenvalue weighted by Gasteiger charge is -2.03. The third-order valence-electron chi connectivity index (χ3n) is 4.00. The van der Waals surface area contributed by atoms with Gasteiger partial charge in [0.2, 0.25) is 0 Å². The molecule has 4 aromatic rings. The number of rotatable bonds is 4. The van der Waals surface area contributed by atoms with E-state index >= 15 is 0 Å². The molecule has 1 amide bonds. The Morgan fingerprint density at radius 2 is 1.81 bits per heavy atom. The maximum Gasteiger partial charge on any atom is 0.263 e. The number of thiazole rings is 1. The molecule has 2 aromatic carbocycles. The van der Waals surface area contributed by atoms with E-state index in [0.29, 0.717) is 27.2 Å². The van der Waals surface area contributed by atoms with Crippen LogP contribution < -0.4 is 5.32 Å². The van der Waals surface area contributed by atoms with Gasteiger partial charge in [-0.2, -0.15) is 0 Å². The standard InChI is InChI=1S/C20H14ClN3O2S/c1-12-17(18(24-26-12)14-5-3-2-4-6-14)19(25)23-20-22-16(11-27-20)13-7-9-15(21)10-8-13/h2-11H,1H3,(H,22,23,25). The summed E-state index contributed by atoms with van der Waals surface area (Å²) in [5, 5.41) is 9.94. The normalized spacial score (nSPS) is 10.7. The Kier molecular flexibility index (Phi) is 4.75. The third kappa shape index (κ3) is 3.63. The molecule has 0 fully saturated rings. The van der Waals surface area contributed by atoms with Crippen LogP contribution in [-0.4, -0.2) is 16.0 Å². The van der Waals surface area contributed by atoms with Crippen molar-refractivity contribution in [3.63, 3.8) is 0 Å². The highest BCUT2D eigenvalue weighted by Crippen LogP contribution is 2.29. The zero-order valence-electron chi connectivity index (χ0n) is 14.3. The number of carbonyl (C=O) groups is 1. The van der Waals surface area contributed by atoms with Crippen molar-refractivity contribution in [2.24, 2.45) is 0 Å². The SMILES string of the molecule is Cc1onc(-c2ccccc2)c1C(=O)Nc1nc(-c2ccc(Cl)cc2)cs1. The molecule has 0 bridgehead atoms. The fraction of sp³-hybridized carbons (Fsp3) is 0.0500. The van der Waals surface area contributed by atoms with E-state index < -0.39 is 0 Å². The first kappa shape index (κ1) is 17.5. The van der Waals surface area contributed by atoms with E-state index in [9.17, 15) is 4.79 Å². The molecular formula is C20H14ClN3O2S. The number of aromatic nitrogens is 2. The highest BCUT2D eigenvalue weighted by molar-refractivity contribution is 7.14. The van der Waals surface area contributed by atoms with Gasteiger partial charge in [-0.15, -0.1) is 11.3 Å². The topological polar surface area (TPSA) is 68.0 Å². The highest BCUT2D eigenvalue weighted by Gasteiger charge is 2.22. The third-order valence-corrected chi connectivity index (χ3v) is 5.01. The first-order valence-corrected chi connectivity index (χ1v) is 9.42. The van der Waals surface area contributed by atoms with Crippen molar-refractivity contribution in [2.75, 3.05) is 5.32 Å². The van der Waals surface area contributed by atoms with Gasteiger partial charge in [-0.05, 0) is 19.1 Å². The molecule has 2 aromatic heterocycles. The molecule has 0 atom stereocenters. The predicted molar refractivity (Wildman–Crippen MR) is 107 cm³/mol. The fourth-order valence-electron chi connectivity index (χ4n) is 2.68. The lowest BCUT2D eigenvalue weighted by molar-refractivity contribution is 0.102. The maximum absolute atomic E-state index is 12.8. The minimum Gasteiger partial charge on any atom is -0.360 e. The van der Waals surface area contributed by atoms with Gasteiger partial charge in [0.25, 0.3) is 5.91 Å². The number of nitrogens with one attached hydrogen (secondary N) is 1. The van der Waals surface area contributed by atoms with Gasteiger partial charge < -0.3 is 4.52 Å². The number of anilines is 1. The lowest BCUT2D eigenvalue weighted by atomic mass is 10.1. The summed E-state index contributed by atoms with van der Waals surface area (Å²) in [5.74, 6) is 0.158. The van der Waals surface area contributed by atoms with Crippen LogP contribution >= 0.6 is 22.9 Å². The van der Waals surface area contributed by atoms with Crippen molar-refractivity contribution in [1.82, 2.24) is 10.1 Å². The smallest absolute Gasteiger partial charge is 0.263 e.